The lowest BCUT2D eigenvalue weighted by molar-refractivity contribution is -0.0258. The van der Waals surface area contributed by atoms with E-state index < -0.39 is 46.1 Å². The molecule has 0 bridgehead atoms. The molecule has 0 amide bonds. The number of nitrogens with zero attached hydrogens (tertiary/aromatic N) is 4. The molecule has 12 nitrogen and oxygen atoms in total. The van der Waals surface area contributed by atoms with Crippen molar-refractivity contribution in [2.75, 3.05) is 28.2 Å². The van der Waals surface area contributed by atoms with Crippen molar-refractivity contribution in [1.29, 1.82) is 0 Å². The Kier molecular flexibility index (Phi) is 20.0. The van der Waals surface area contributed by atoms with Gasteiger partial charge in [0.05, 0.1) is 22.3 Å². The zero-order valence-electron chi connectivity index (χ0n) is 46.3. The van der Waals surface area contributed by atoms with Crippen LogP contribution in [0.3, 0.4) is 0 Å². The van der Waals surface area contributed by atoms with Gasteiger partial charge in [-0.15, -0.1) is 0 Å². The Morgan fingerprint density at radius 3 is 0.530 bits per heavy atom. The van der Waals surface area contributed by atoms with E-state index in [4.69, 9.17) is 20.4 Å². The van der Waals surface area contributed by atoms with Gasteiger partial charge in [0.2, 0.25) is 0 Å². The van der Waals surface area contributed by atoms with E-state index in [-0.39, 0.29) is 0 Å². The van der Waals surface area contributed by atoms with Crippen LogP contribution in [0.15, 0.2) is 12.1 Å². The molecule has 4 N–H and O–H groups in total. The summed E-state index contributed by atoms with van der Waals surface area (Å²) < 4.78 is 0. The second-order valence-corrected chi connectivity index (χ2v) is 26.0. The number of carbonyl (C=O) groups is 4. The summed E-state index contributed by atoms with van der Waals surface area (Å²) in [5, 5.41) is 35.0. The van der Waals surface area contributed by atoms with Crippen molar-refractivity contribution in [3.63, 3.8) is 0 Å². The molecule has 4 heterocycles. The monoisotopic (exact) mass is 931 g/mol. The van der Waals surface area contributed by atoms with E-state index in [0.717, 1.165) is 23.7 Å². The van der Waals surface area contributed by atoms with Gasteiger partial charge < -0.3 is 20.4 Å². The van der Waals surface area contributed by atoms with Crippen molar-refractivity contribution in [2.45, 2.75) is 234 Å². The molecular formula is C54H98N4O8. The predicted octanol–water partition coefficient (Wildman–Crippen LogP) is 12.1. The standard InChI is InChI=1S/4C11H23N.C10H6O8/c4*1-9-7-10(2,3)12(6)11(4,5)8-9;11-7(12)3-1-4(8(13)14)6(10(17)18)2-5(3)9(15)16/h4*9H,7-8H2,1-6H3;1-2H,(H,11,12)(H,13,14)(H,15,16)(H,17,18). The quantitative estimate of drug-likeness (QED) is 0.226. The van der Waals surface area contributed by atoms with Crippen LogP contribution in [0.2, 0.25) is 0 Å². The van der Waals surface area contributed by atoms with Crippen LogP contribution in [0.25, 0.3) is 0 Å². The summed E-state index contributed by atoms with van der Waals surface area (Å²) in [6.07, 6.45) is 10.6. The maximum absolute atomic E-state index is 10.8. The van der Waals surface area contributed by atoms with E-state index in [1.807, 2.05) is 0 Å². The van der Waals surface area contributed by atoms with Gasteiger partial charge in [0, 0.05) is 44.3 Å². The Morgan fingerprint density at radius 1 is 0.333 bits per heavy atom. The minimum Gasteiger partial charge on any atom is -0.478 e. The van der Waals surface area contributed by atoms with Crippen LogP contribution in [0, 0.1) is 23.7 Å². The van der Waals surface area contributed by atoms with Crippen molar-refractivity contribution in [1.82, 2.24) is 19.6 Å². The fourth-order valence-corrected chi connectivity index (χ4v) is 12.8. The highest BCUT2D eigenvalue weighted by molar-refractivity contribution is 6.09. The summed E-state index contributed by atoms with van der Waals surface area (Å²) in [4.78, 5) is 53.2. The van der Waals surface area contributed by atoms with Gasteiger partial charge in [0.25, 0.3) is 0 Å². The van der Waals surface area contributed by atoms with Gasteiger partial charge in [0.1, 0.15) is 0 Å². The number of aromatic carboxylic acids is 4. The zero-order chi connectivity index (χ0) is 52.3. The molecule has 4 aliphatic heterocycles. The summed E-state index contributed by atoms with van der Waals surface area (Å²) in [5.74, 6) is -3.17. The lowest BCUT2D eigenvalue weighted by atomic mass is 9.75. The minimum absolute atomic E-state index is 0.376. The van der Waals surface area contributed by atoms with Gasteiger partial charge in [-0.1, -0.05) is 27.7 Å². The zero-order valence-corrected chi connectivity index (χ0v) is 46.3. The molecule has 4 saturated heterocycles. The van der Waals surface area contributed by atoms with Gasteiger partial charge in [-0.3, -0.25) is 19.6 Å². The Morgan fingerprint density at radius 2 is 0.439 bits per heavy atom. The van der Waals surface area contributed by atoms with Crippen LogP contribution in [0.1, 0.15) is 231 Å². The molecule has 0 radical (unpaired) electrons. The van der Waals surface area contributed by atoms with Crippen LogP contribution in [0.4, 0.5) is 0 Å². The molecule has 0 aliphatic carbocycles. The molecule has 0 saturated carbocycles. The fourth-order valence-electron chi connectivity index (χ4n) is 12.8. The summed E-state index contributed by atoms with van der Waals surface area (Å²) in [6.45, 7) is 47.1. The number of carboxylic acids is 4. The van der Waals surface area contributed by atoms with Crippen molar-refractivity contribution >= 4 is 23.9 Å². The van der Waals surface area contributed by atoms with Gasteiger partial charge in [-0.05, 0) is 226 Å². The molecular weight excluding hydrogens is 833 g/mol. The molecule has 4 aliphatic rings. The SMILES string of the molecule is CC1CC(C)(C)N(C)C(C)(C)C1.CC1CC(C)(C)N(C)C(C)(C)C1.CC1CC(C)(C)N(C)C(C)(C)C1.CC1CC(C)(C)N(C)C(C)(C)C1.O=C(O)c1cc(C(=O)O)c(C(=O)O)cc1C(=O)O. The average Bonchev–Trinajstić information content (AvgIpc) is 3.09. The topological polar surface area (TPSA) is 162 Å². The van der Waals surface area contributed by atoms with Crippen LogP contribution in [0.5, 0.6) is 0 Å². The Bertz CT molecular complexity index is 1510. The van der Waals surface area contributed by atoms with Crippen LogP contribution in [-0.4, -0.2) is 136 Å². The van der Waals surface area contributed by atoms with Crippen molar-refractivity contribution in [3.05, 3.63) is 34.4 Å². The summed E-state index contributed by atoms with van der Waals surface area (Å²) in [6, 6.07) is 1.02. The van der Waals surface area contributed by atoms with E-state index in [0.29, 0.717) is 56.4 Å². The van der Waals surface area contributed by atoms with Crippen molar-refractivity contribution in [2.24, 2.45) is 23.7 Å². The predicted molar refractivity (Wildman–Crippen MR) is 272 cm³/mol. The van der Waals surface area contributed by atoms with Crippen molar-refractivity contribution in [3.8, 4) is 0 Å². The number of hydrogen-bond donors (Lipinski definition) is 4. The highest BCUT2D eigenvalue weighted by Gasteiger charge is 2.44. The maximum Gasteiger partial charge on any atom is 0.336 e. The Hall–Kier alpha value is -3.06. The molecule has 5 rings (SSSR count). The van der Waals surface area contributed by atoms with Crippen LogP contribution in [-0.2, 0) is 0 Å². The molecule has 0 aromatic heterocycles. The van der Waals surface area contributed by atoms with E-state index >= 15 is 0 Å². The van der Waals surface area contributed by atoms with E-state index in [2.05, 4.69) is 186 Å². The molecule has 1 aromatic rings. The molecule has 1 aromatic carbocycles. The second kappa shape index (κ2) is 21.7. The van der Waals surface area contributed by atoms with E-state index in [1.54, 1.807) is 0 Å². The van der Waals surface area contributed by atoms with E-state index in [9.17, 15) is 19.2 Å². The number of rotatable bonds is 4. The molecule has 66 heavy (non-hydrogen) atoms. The second-order valence-electron chi connectivity index (χ2n) is 26.0. The molecule has 0 atom stereocenters. The molecule has 0 unspecified atom stereocenters. The summed E-state index contributed by atoms with van der Waals surface area (Å²) in [5.41, 5.74) is -0.139. The third-order valence-electron chi connectivity index (χ3n) is 16.1. The summed E-state index contributed by atoms with van der Waals surface area (Å²) >= 11 is 0. The van der Waals surface area contributed by atoms with Gasteiger partial charge in [-0.2, -0.15) is 0 Å². The van der Waals surface area contributed by atoms with Crippen LogP contribution >= 0.6 is 0 Å². The average molecular weight is 931 g/mol. The lowest BCUT2D eigenvalue weighted by Gasteiger charge is -2.53. The lowest BCUT2D eigenvalue weighted by Crippen LogP contribution is -2.58. The Balaban J connectivity index is 0.000000417. The highest BCUT2D eigenvalue weighted by Crippen LogP contribution is 2.42. The number of carboxylic acid groups (broad SMARTS) is 4. The summed E-state index contributed by atoms with van der Waals surface area (Å²) in [7, 11) is 9.02. The van der Waals surface area contributed by atoms with Gasteiger partial charge in [0.15, 0.2) is 0 Å². The number of likely N-dealkylation sites (tertiary alicyclic amines) is 4. The van der Waals surface area contributed by atoms with Crippen molar-refractivity contribution < 1.29 is 39.6 Å². The molecule has 0 spiro atoms. The first-order valence-corrected chi connectivity index (χ1v) is 24.3. The highest BCUT2D eigenvalue weighted by atomic mass is 16.4. The first-order chi connectivity index (χ1) is 29.3. The fraction of sp³-hybridized carbons (Fsp3) is 0.815. The van der Waals surface area contributed by atoms with E-state index in [1.165, 1.54) is 51.4 Å². The van der Waals surface area contributed by atoms with Gasteiger partial charge >= 0.3 is 23.9 Å². The minimum atomic E-state index is -1.66. The Labute approximate surface area is 402 Å². The third-order valence-corrected chi connectivity index (χ3v) is 16.1. The molecule has 4 fully saturated rings. The first-order valence-electron chi connectivity index (χ1n) is 24.3. The maximum atomic E-state index is 10.8. The van der Waals surface area contributed by atoms with Gasteiger partial charge in [-0.25, -0.2) is 19.2 Å². The largest absolute Gasteiger partial charge is 0.478 e. The normalized spacial score (nSPS) is 24.8. The van der Waals surface area contributed by atoms with Crippen LogP contribution < -0.4 is 0 Å². The number of piperidine rings is 4. The smallest absolute Gasteiger partial charge is 0.336 e. The number of hydrogen-bond acceptors (Lipinski definition) is 8. The first kappa shape index (κ1) is 61.0. The molecule has 12 heteroatoms. The molecule has 382 valence electrons. The number of benzene rings is 1. The third kappa shape index (κ3) is 16.0.